The van der Waals surface area contributed by atoms with Gasteiger partial charge in [-0.15, -0.1) is 0 Å². The molecular weight excluding hydrogens is 100 g/mol. The van der Waals surface area contributed by atoms with Gasteiger partial charge in [-0.05, 0) is 26.9 Å². The molecule has 1 heterocycles. The van der Waals surface area contributed by atoms with E-state index in [1.807, 2.05) is 7.05 Å². The monoisotopic (exact) mass is 114 g/mol. The fraction of sp³-hybridized carbons (Fsp3) is 1.00. The van der Waals surface area contributed by atoms with Crippen molar-refractivity contribution in [2.75, 3.05) is 13.6 Å². The van der Waals surface area contributed by atoms with Gasteiger partial charge < -0.3 is 10.6 Å². The first kappa shape index (κ1) is 6.05. The van der Waals surface area contributed by atoms with E-state index in [1.165, 1.54) is 13.0 Å². The van der Waals surface area contributed by atoms with Crippen LogP contribution in [0.4, 0.5) is 0 Å². The van der Waals surface area contributed by atoms with Crippen LogP contribution >= 0.6 is 0 Å². The van der Waals surface area contributed by atoms with Gasteiger partial charge in [0.05, 0.1) is 0 Å². The third-order valence-electron chi connectivity index (χ3n) is 1.90. The molecule has 48 valence electrons. The predicted molar refractivity (Wildman–Crippen MR) is 34.9 cm³/mol. The summed E-state index contributed by atoms with van der Waals surface area (Å²) >= 11 is 0. The van der Waals surface area contributed by atoms with Gasteiger partial charge in [-0.25, -0.2) is 0 Å². The highest BCUT2D eigenvalue weighted by molar-refractivity contribution is 4.84. The van der Waals surface area contributed by atoms with E-state index >= 15 is 0 Å². The van der Waals surface area contributed by atoms with Crippen molar-refractivity contribution in [1.82, 2.24) is 10.6 Å². The summed E-state index contributed by atoms with van der Waals surface area (Å²) in [5.41, 5.74) is 0. The average Bonchev–Trinajstić information content (AvgIpc) is 2.14. The van der Waals surface area contributed by atoms with Crippen molar-refractivity contribution in [3.63, 3.8) is 0 Å². The van der Waals surface area contributed by atoms with Gasteiger partial charge in [0.15, 0.2) is 0 Å². The topological polar surface area (TPSA) is 24.1 Å². The van der Waals surface area contributed by atoms with E-state index in [2.05, 4.69) is 17.6 Å². The van der Waals surface area contributed by atoms with Crippen molar-refractivity contribution in [1.29, 1.82) is 0 Å². The number of hydrogen-bond donors (Lipinski definition) is 2. The lowest BCUT2D eigenvalue weighted by Crippen LogP contribution is -2.35. The highest BCUT2D eigenvalue weighted by atomic mass is 15.0. The van der Waals surface area contributed by atoms with Crippen LogP contribution in [0.5, 0.6) is 0 Å². The van der Waals surface area contributed by atoms with Gasteiger partial charge in [-0.2, -0.15) is 0 Å². The molecule has 2 N–H and O–H groups in total. The summed E-state index contributed by atoms with van der Waals surface area (Å²) in [6.45, 7) is 3.39. The Labute approximate surface area is 50.7 Å². The lowest BCUT2D eigenvalue weighted by Gasteiger charge is -2.12. The Kier molecular flexibility index (Phi) is 1.86. The maximum atomic E-state index is 3.36. The standard InChI is InChI=1S/C6H14N2/c1-5-6(7-2)3-4-8-5/h5-8H,3-4H2,1-2H3/t5?,6-/m0/s1. The van der Waals surface area contributed by atoms with E-state index < -0.39 is 0 Å². The van der Waals surface area contributed by atoms with Crippen molar-refractivity contribution in [2.24, 2.45) is 0 Å². The molecule has 0 aromatic carbocycles. The molecule has 0 spiro atoms. The van der Waals surface area contributed by atoms with E-state index in [0.717, 1.165) is 0 Å². The number of rotatable bonds is 1. The molecule has 1 fully saturated rings. The molecule has 0 aliphatic carbocycles. The molecule has 0 radical (unpaired) electrons. The van der Waals surface area contributed by atoms with Crippen molar-refractivity contribution in [3.05, 3.63) is 0 Å². The first-order valence-electron chi connectivity index (χ1n) is 3.25. The Morgan fingerprint density at radius 2 is 2.38 bits per heavy atom. The van der Waals surface area contributed by atoms with Crippen molar-refractivity contribution < 1.29 is 0 Å². The zero-order valence-corrected chi connectivity index (χ0v) is 5.57. The highest BCUT2D eigenvalue weighted by Gasteiger charge is 2.19. The summed E-state index contributed by atoms with van der Waals surface area (Å²) in [7, 11) is 2.02. The Morgan fingerprint density at radius 3 is 2.62 bits per heavy atom. The van der Waals surface area contributed by atoms with Gasteiger partial charge >= 0.3 is 0 Å². The minimum atomic E-state index is 0.667. The zero-order chi connectivity index (χ0) is 5.98. The van der Waals surface area contributed by atoms with Gasteiger partial charge in [-0.1, -0.05) is 0 Å². The van der Waals surface area contributed by atoms with Crippen LogP contribution in [0, 0.1) is 0 Å². The van der Waals surface area contributed by atoms with Crippen LogP contribution in [0.1, 0.15) is 13.3 Å². The van der Waals surface area contributed by atoms with E-state index in [0.29, 0.717) is 12.1 Å². The third-order valence-corrected chi connectivity index (χ3v) is 1.90. The normalized spacial score (nSPS) is 38.2. The molecule has 0 bridgehead atoms. The first-order valence-corrected chi connectivity index (χ1v) is 3.25. The molecule has 1 aliphatic heterocycles. The minimum Gasteiger partial charge on any atom is -0.315 e. The summed E-state index contributed by atoms with van der Waals surface area (Å²) in [4.78, 5) is 0. The molecule has 8 heavy (non-hydrogen) atoms. The second kappa shape index (κ2) is 2.46. The van der Waals surface area contributed by atoms with Crippen molar-refractivity contribution in [2.45, 2.75) is 25.4 Å². The van der Waals surface area contributed by atoms with Crippen LogP contribution in [-0.2, 0) is 0 Å². The lowest BCUT2D eigenvalue weighted by atomic mass is 10.1. The van der Waals surface area contributed by atoms with Crippen LogP contribution < -0.4 is 10.6 Å². The second-order valence-electron chi connectivity index (χ2n) is 2.43. The van der Waals surface area contributed by atoms with E-state index in [1.54, 1.807) is 0 Å². The molecule has 2 heteroatoms. The predicted octanol–water partition coefficient (Wildman–Crippen LogP) is -0.0438. The second-order valence-corrected chi connectivity index (χ2v) is 2.43. The van der Waals surface area contributed by atoms with Crippen LogP contribution in [0.3, 0.4) is 0 Å². The summed E-state index contributed by atoms with van der Waals surface area (Å²) in [6.07, 6.45) is 1.28. The summed E-state index contributed by atoms with van der Waals surface area (Å²) in [6, 6.07) is 1.37. The van der Waals surface area contributed by atoms with Gasteiger partial charge in [0.2, 0.25) is 0 Å². The molecule has 0 amide bonds. The van der Waals surface area contributed by atoms with Gasteiger partial charge in [0, 0.05) is 12.1 Å². The van der Waals surface area contributed by atoms with Crippen molar-refractivity contribution in [3.8, 4) is 0 Å². The molecule has 0 aromatic heterocycles. The average molecular weight is 114 g/mol. The van der Waals surface area contributed by atoms with Gasteiger partial charge in [0.1, 0.15) is 0 Å². The SMILES string of the molecule is CN[C@H]1CCNC1C. The molecular formula is C6H14N2. The zero-order valence-electron chi connectivity index (χ0n) is 5.57. The molecule has 0 aromatic rings. The maximum Gasteiger partial charge on any atom is 0.0227 e. The Morgan fingerprint density at radius 1 is 1.62 bits per heavy atom. The van der Waals surface area contributed by atoms with Crippen molar-refractivity contribution >= 4 is 0 Å². The van der Waals surface area contributed by atoms with Crippen LogP contribution in [0.25, 0.3) is 0 Å². The Balaban J connectivity index is 2.30. The summed E-state index contributed by atoms with van der Waals surface area (Å²) < 4.78 is 0. The van der Waals surface area contributed by atoms with Gasteiger partial charge in [-0.3, -0.25) is 0 Å². The van der Waals surface area contributed by atoms with E-state index in [-0.39, 0.29) is 0 Å². The number of nitrogens with one attached hydrogen (secondary N) is 2. The smallest absolute Gasteiger partial charge is 0.0227 e. The molecule has 1 aliphatic rings. The fourth-order valence-electron chi connectivity index (χ4n) is 1.25. The quantitative estimate of drug-likeness (QED) is 0.499. The number of likely N-dealkylation sites (N-methyl/N-ethyl adjacent to an activating group) is 1. The minimum absolute atomic E-state index is 0.667. The molecule has 1 unspecified atom stereocenters. The van der Waals surface area contributed by atoms with Gasteiger partial charge in [0.25, 0.3) is 0 Å². The molecule has 2 nitrogen and oxygen atoms in total. The molecule has 0 saturated carbocycles. The Hall–Kier alpha value is -0.0800. The molecule has 2 atom stereocenters. The Bertz CT molecular complexity index is 72.9. The molecule has 1 rings (SSSR count). The first-order chi connectivity index (χ1) is 3.84. The summed E-state index contributed by atoms with van der Waals surface area (Å²) in [5.74, 6) is 0. The largest absolute Gasteiger partial charge is 0.315 e. The number of hydrogen-bond acceptors (Lipinski definition) is 2. The van der Waals surface area contributed by atoms with Crippen LogP contribution in [-0.4, -0.2) is 25.7 Å². The van der Waals surface area contributed by atoms with Crippen LogP contribution in [0.2, 0.25) is 0 Å². The summed E-state index contributed by atoms with van der Waals surface area (Å²) in [5, 5.41) is 6.61. The fourth-order valence-corrected chi connectivity index (χ4v) is 1.25. The maximum absolute atomic E-state index is 3.36. The van der Waals surface area contributed by atoms with Crippen LogP contribution in [0.15, 0.2) is 0 Å². The third kappa shape index (κ3) is 1.01. The highest BCUT2D eigenvalue weighted by Crippen LogP contribution is 2.03. The molecule has 1 saturated heterocycles. The van der Waals surface area contributed by atoms with E-state index in [4.69, 9.17) is 0 Å². The lowest BCUT2D eigenvalue weighted by molar-refractivity contribution is 0.511. The van der Waals surface area contributed by atoms with E-state index in [9.17, 15) is 0 Å².